The third kappa shape index (κ3) is 2.49. The largest absolute Gasteiger partial charge is 0.360 e. The standard InChI is InChI=1S/C11H16N4O/c1-3-9-6-11(16-14-9)8-12-7-10-4-5-13-15(10)2/h4-6,12H,3,7-8H2,1-2H3. The lowest BCUT2D eigenvalue weighted by molar-refractivity contribution is 0.367. The summed E-state index contributed by atoms with van der Waals surface area (Å²) in [6.45, 7) is 3.53. The molecule has 2 heterocycles. The van der Waals surface area contributed by atoms with Crippen LogP contribution in [0.3, 0.4) is 0 Å². The summed E-state index contributed by atoms with van der Waals surface area (Å²) in [6, 6.07) is 3.97. The third-order valence-corrected chi connectivity index (χ3v) is 2.50. The number of aryl methyl sites for hydroxylation is 2. The number of aromatic nitrogens is 3. The van der Waals surface area contributed by atoms with Crippen molar-refractivity contribution in [3.63, 3.8) is 0 Å². The minimum Gasteiger partial charge on any atom is -0.360 e. The molecule has 0 aliphatic rings. The quantitative estimate of drug-likeness (QED) is 0.824. The third-order valence-electron chi connectivity index (χ3n) is 2.50. The van der Waals surface area contributed by atoms with Gasteiger partial charge in [0.25, 0.3) is 0 Å². The second-order valence-electron chi connectivity index (χ2n) is 3.69. The molecule has 5 heteroatoms. The first-order chi connectivity index (χ1) is 7.79. The van der Waals surface area contributed by atoms with E-state index in [0.29, 0.717) is 6.54 Å². The monoisotopic (exact) mass is 220 g/mol. The molecule has 1 N–H and O–H groups in total. The van der Waals surface area contributed by atoms with Crippen LogP contribution in [0.25, 0.3) is 0 Å². The van der Waals surface area contributed by atoms with Crippen molar-refractivity contribution in [3.8, 4) is 0 Å². The highest BCUT2D eigenvalue weighted by atomic mass is 16.5. The summed E-state index contributed by atoms with van der Waals surface area (Å²) >= 11 is 0. The van der Waals surface area contributed by atoms with Gasteiger partial charge in [-0.15, -0.1) is 0 Å². The minimum absolute atomic E-state index is 0.693. The Morgan fingerprint density at radius 3 is 2.94 bits per heavy atom. The first-order valence-electron chi connectivity index (χ1n) is 5.41. The Morgan fingerprint density at radius 1 is 1.44 bits per heavy atom. The molecule has 0 saturated carbocycles. The number of hydrogen-bond donors (Lipinski definition) is 1. The lowest BCUT2D eigenvalue weighted by Crippen LogP contribution is -2.14. The van der Waals surface area contributed by atoms with Gasteiger partial charge in [0, 0.05) is 25.9 Å². The summed E-state index contributed by atoms with van der Waals surface area (Å²) in [6.07, 6.45) is 2.70. The van der Waals surface area contributed by atoms with Gasteiger partial charge < -0.3 is 9.84 Å². The van der Waals surface area contributed by atoms with Crippen LogP contribution in [0, 0.1) is 0 Å². The molecule has 0 aliphatic carbocycles. The topological polar surface area (TPSA) is 55.9 Å². The van der Waals surface area contributed by atoms with Crippen LogP contribution in [0.5, 0.6) is 0 Å². The molecule has 0 amide bonds. The van der Waals surface area contributed by atoms with Gasteiger partial charge >= 0.3 is 0 Å². The molecule has 16 heavy (non-hydrogen) atoms. The predicted octanol–water partition coefficient (Wildman–Crippen LogP) is 1.26. The van der Waals surface area contributed by atoms with Crippen LogP contribution in [0.4, 0.5) is 0 Å². The molecule has 0 aliphatic heterocycles. The van der Waals surface area contributed by atoms with Crippen molar-refractivity contribution in [1.82, 2.24) is 20.3 Å². The maximum Gasteiger partial charge on any atom is 0.150 e. The van der Waals surface area contributed by atoms with Gasteiger partial charge in [-0.3, -0.25) is 4.68 Å². The summed E-state index contributed by atoms with van der Waals surface area (Å²) in [5, 5.41) is 11.3. The molecular weight excluding hydrogens is 204 g/mol. The minimum atomic E-state index is 0.693. The van der Waals surface area contributed by atoms with Crippen LogP contribution >= 0.6 is 0 Å². The molecule has 0 unspecified atom stereocenters. The van der Waals surface area contributed by atoms with Crippen LogP contribution in [-0.4, -0.2) is 14.9 Å². The number of nitrogens with one attached hydrogen (secondary N) is 1. The van der Waals surface area contributed by atoms with Crippen molar-refractivity contribution >= 4 is 0 Å². The predicted molar refractivity (Wildman–Crippen MR) is 59.6 cm³/mol. The smallest absolute Gasteiger partial charge is 0.150 e. The fourth-order valence-electron chi connectivity index (χ4n) is 1.49. The van der Waals surface area contributed by atoms with Crippen molar-refractivity contribution in [2.24, 2.45) is 7.05 Å². The summed E-state index contributed by atoms with van der Waals surface area (Å²) < 4.78 is 7.02. The van der Waals surface area contributed by atoms with Crippen molar-refractivity contribution in [3.05, 3.63) is 35.5 Å². The highest BCUT2D eigenvalue weighted by Crippen LogP contribution is 2.04. The Kier molecular flexibility index (Phi) is 3.36. The van der Waals surface area contributed by atoms with Crippen LogP contribution in [0.15, 0.2) is 22.9 Å². The van der Waals surface area contributed by atoms with E-state index < -0.39 is 0 Å². The molecular formula is C11H16N4O. The molecule has 0 spiro atoms. The molecule has 0 bridgehead atoms. The Hall–Kier alpha value is -1.62. The lowest BCUT2D eigenvalue weighted by atomic mass is 10.3. The maximum atomic E-state index is 5.17. The Balaban J connectivity index is 1.82. The average molecular weight is 220 g/mol. The van der Waals surface area contributed by atoms with E-state index in [-0.39, 0.29) is 0 Å². The molecule has 86 valence electrons. The van der Waals surface area contributed by atoms with E-state index in [1.807, 2.05) is 23.9 Å². The van der Waals surface area contributed by atoms with Crippen LogP contribution in [-0.2, 0) is 26.6 Å². The highest BCUT2D eigenvalue weighted by Gasteiger charge is 2.02. The first kappa shape index (κ1) is 10.9. The molecule has 2 aromatic rings. The molecule has 5 nitrogen and oxygen atoms in total. The fraction of sp³-hybridized carbons (Fsp3) is 0.455. The summed E-state index contributed by atoms with van der Waals surface area (Å²) in [5.74, 6) is 0.874. The zero-order valence-electron chi connectivity index (χ0n) is 9.60. The van der Waals surface area contributed by atoms with Gasteiger partial charge in [0.15, 0.2) is 5.76 Å². The Bertz CT molecular complexity index is 446. The highest BCUT2D eigenvalue weighted by molar-refractivity contribution is 5.05. The number of rotatable bonds is 5. The molecule has 2 rings (SSSR count). The van der Waals surface area contributed by atoms with Gasteiger partial charge in [-0.05, 0) is 12.5 Å². The molecule has 2 aromatic heterocycles. The maximum absolute atomic E-state index is 5.17. The van der Waals surface area contributed by atoms with Crippen molar-refractivity contribution < 1.29 is 4.52 Å². The second kappa shape index (κ2) is 4.94. The van der Waals surface area contributed by atoms with Crippen LogP contribution in [0.2, 0.25) is 0 Å². The molecule has 0 aromatic carbocycles. The van der Waals surface area contributed by atoms with Crippen molar-refractivity contribution in [2.75, 3.05) is 0 Å². The van der Waals surface area contributed by atoms with E-state index in [2.05, 4.69) is 22.5 Å². The van der Waals surface area contributed by atoms with E-state index in [9.17, 15) is 0 Å². The molecule has 0 atom stereocenters. The fourth-order valence-corrected chi connectivity index (χ4v) is 1.49. The second-order valence-corrected chi connectivity index (χ2v) is 3.69. The van der Waals surface area contributed by atoms with E-state index in [0.717, 1.165) is 30.1 Å². The SMILES string of the molecule is CCc1cc(CNCc2ccnn2C)on1. The summed E-state index contributed by atoms with van der Waals surface area (Å²) in [7, 11) is 1.93. The van der Waals surface area contributed by atoms with Gasteiger partial charge in [-0.1, -0.05) is 12.1 Å². The zero-order valence-corrected chi connectivity index (χ0v) is 9.60. The van der Waals surface area contributed by atoms with Gasteiger partial charge in [0.1, 0.15) is 0 Å². The summed E-state index contributed by atoms with van der Waals surface area (Å²) in [4.78, 5) is 0. The number of nitrogens with zero attached hydrogens (tertiary/aromatic N) is 3. The van der Waals surface area contributed by atoms with E-state index in [4.69, 9.17) is 4.52 Å². The Labute approximate surface area is 94.4 Å². The van der Waals surface area contributed by atoms with Gasteiger partial charge in [0.2, 0.25) is 0 Å². The lowest BCUT2D eigenvalue weighted by Gasteiger charge is -2.02. The zero-order chi connectivity index (χ0) is 11.4. The van der Waals surface area contributed by atoms with Gasteiger partial charge in [-0.25, -0.2) is 0 Å². The summed E-state index contributed by atoms with van der Waals surface area (Å²) in [5.41, 5.74) is 2.15. The molecule has 0 radical (unpaired) electrons. The van der Waals surface area contributed by atoms with Gasteiger partial charge in [0.05, 0.1) is 17.9 Å². The molecule has 0 fully saturated rings. The van der Waals surface area contributed by atoms with E-state index in [1.54, 1.807) is 6.20 Å². The van der Waals surface area contributed by atoms with Gasteiger partial charge in [-0.2, -0.15) is 5.10 Å². The van der Waals surface area contributed by atoms with Crippen molar-refractivity contribution in [1.29, 1.82) is 0 Å². The van der Waals surface area contributed by atoms with Crippen LogP contribution < -0.4 is 5.32 Å². The normalized spacial score (nSPS) is 10.9. The van der Waals surface area contributed by atoms with Crippen molar-refractivity contribution in [2.45, 2.75) is 26.4 Å². The van der Waals surface area contributed by atoms with E-state index in [1.165, 1.54) is 0 Å². The average Bonchev–Trinajstić information content (AvgIpc) is 2.89. The number of hydrogen-bond acceptors (Lipinski definition) is 4. The van der Waals surface area contributed by atoms with E-state index >= 15 is 0 Å². The first-order valence-corrected chi connectivity index (χ1v) is 5.41. The van der Waals surface area contributed by atoms with Crippen LogP contribution in [0.1, 0.15) is 24.1 Å². The Morgan fingerprint density at radius 2 is 2.31 bits per heavy atom. The molecule has 0 saturated heterocycles.